The van der Waals surface area contributed by atoms with Crippen LogP contribution in [-0.4, -0.2) is 21.7 Å². The van der Waals surface area contributed by atoms with Crippen LogP contribution in [0, 0.1) is 5.82 Å². The average Bonchev–Trinajstić information content (AvgIpc) is 2.45. The minimum absolute atomic E-state index is 0.128. The summed E-state index contributed by atoms with van der Waals surface area (Å²) in [7, 11) is 0. The summed E-state index contributed by atoms with van der Waals surface area (Å²) in [6.45, 7) is 2.71. The first-order chi connectivity index (χ1) is 10.8. The quantitative estimate of drug-likeness (QED) is 0.666. The molecule has 7 heteroatoms. The summed E-state index contributed by atoms with van der Waals surface area (Å²) in [5.74, 6) is -2.64. The van der Waals surface area contributed by atoms with Gasteiger partial charge in [0.25, 0.3) is 5.95 Å². The minimum Gasteiger partial charge on any atom is -0.506 e. The van der Waals surface area contributed by atoms with Crippen molar-refractivity contribution in [2.24, 2.45) is 4.99 Å². The first kappa shape index (κ1) is 16.4. The Morgan fingerprint density at radius 3 is 2.35 bits per heavy atom. The molecular formula is C16H14FNO5. The predicted octanol–water partition coefficient (Wildman–Crippen LogP) is 2.40. The van der Waals surface area contributed by atoms with E-state index in [2.05, 4.69) is 9.41 Å². The number of carbonyl (C=O) groups excluding carboxylic acids is 1. The van der Waals surface area contributed by atoms with Gasteiger partial charge in [-0.05, 0) is 31.5 Å². The smallest absolute Gasteiger partial charge is 0.351 e. The van der Waals surface area contributed by atoms with Gasteiger partial charge in [-0.15, -0.1) is 0 Å². The van der Waals surface area contributed by atoms with Gasteiger partial charge in [0.05, 0.1) is 12.3 Å². The van der Waals surface area contributed by atoms with E-state index in [1.165, 1.54) is 31.2 Å². The van der Waals surface area contributed by atoms with Gasteiger partial charge in [0.2, 0.25) is 0 Å². The van der Waals surface area contributed by atoms with E-state index in [1.807, 2.05) is 0 Å². The normalized spacial score (nSPS) is 11.5. The molecule has 0 saturated carbocycles. The van der Waals surface area contributed by atoms with Crippen LogP contribution in [0.2, 0.25) is 0 Å². The third-order valence-corrected chi connectivity index (χ3v) is 3.21. The van der Waals surface area contributed by atoms with Crippen LogP contribution in [0.3, 0.4) is 0 Å². The number of ketones is 1. The van der Waals surface area contributed by atoms with Gasteiger partial charge in [-0.3, -0.25) is 9.79 Å². The molecule has 1 heterocycles. The molecule has 0 bridgehead atoms. The molecule has 0 atom stereocenters. The first-order valence-corrected chi connectivity index (χ1v) is 6.67. The van der Waals surface area contributed by atoms with E-state index in [9.17, 15) is 24.2 Å². The molecule has 0 aliphatic carbocycles. The zero-order valence-corrected chi connectivity index (χ0v) is 12.5. The fourth-order valence-corrected chi connectivity index (χ4v) is 2.03. The molecule has 1 aromatic carbocycles. The number of carbonyl (C=O) groups is 1. The zero-order chi connectivity index (χ0) is 17.1. The summed E-state index contributed by atoms with van der Waals surface area (Å²) in [4.78, 5) is 27.4. The van der Waals surface area contributed by atoms with Crippen molar-refractivity contribution >= 4 is 11.5 Å². The summed E-state index contributed by atoms with van der Waals surface area (Å²) in [5.41, 5.74) is -0.959. The van der Waals surface area contributed by atoms with Gasteiger partial charge < -0.3 is 14.6 Å². The molecule has 0 fully saturated rings. The Labute approximate surface area is 130 Å². The third kappa shape index (κ3) is 3.45. The standard InChI is InChI=1S/C16H14FNO5/c1-8(18-7-10-3-5-11(17)6-4-10)12-14(20)13(9(2)19)16(22)23-15(12)21/h3-6,20,22H,7H2,1-2H3. The molecule has 0 spiro atoms. The Balaban J connectivity index is 2.42. The van der Waals surface area contributed by atoms with E-state index in [0.29, 0.717) is 5.56 Å². The highest BCUT2D eigenvalue weighted by Crippen LogP contribution is 2.28. The number of hydrogen-bond acceptors (Lipinski definition) is 6. The second-order valence-electron chi connectivity index (χ2n) is 4.88. The highest BCUT2D eigenvalue weighted by atomic mass is 19.1. The molecule has 2 aromatic rings. The van der Waals surface area contributed by atoms with Crippen LogP contribution in [0.1, 0.15) is 35.3 Å². The number of hydrogen-bond donors (Lipinski definition) is 2. The highest BCUT2D eigenvalue weighted by molar-refractivity contribution is 6.06. The van der Waals surface area contributed by atoms with Gasteiger partial charge in [0.1, 0.15) is 22.7 Å². The summed E-state index contributed by atoms with van der Waals surface area (Å²) in [6.07, 6.45) is 0. The van der Waals surface area contributed by atoms with Crippen molar-refractivity contribution < 1.29 is 23.8 Å². The van der Waals surface area contributed by atoms with Crippen molar-refractivity contribution in [3.63, 3.8) is 0 Å². The van der Waals surface area contributed by atoms with Crippen molar-refractivity contribution in [2.75, 3.05) is 0 Å². The van der Waals surface area contributed by atoms with Crippen molar-refractivity contribution in [3.05, 3.63) is 57.2 Å². The Morgan fingerprint density at radius 1 is 1.17 bits per heavy atom. The Hall–Kier alpha value is -2.96. The molecule has 2 N–H and O–H groups in total. The van der Waals surface area contributed by atoms with Crippen LogP contribution >= 0.6 is 0 Å². The van der Waals surface area contributed by atoms with Gasteiger partial charge in [-0.2, -0.15) is 0 Å². The second kappa shape index (κ2) is 6.43. The summed E-state index contributed by atoms with van der Waals surface area (Å²) in [6, 6.07) is 5.62. The summed E-state index contributed by atoms with van der Waals surface area (Å²) >= 11 is 0. The lowest BCUT2D eigenvalue weighted by Gasteiger charge is -2.07. The fraction of sp³-hybridized carbons (Fsp3) is 0.188. The molecule has 2 rings (SSSR count). The summed E-state index contributed by atoms with van der Waals surface area (Å²) in [5, 5.41) is 19.5. The molecular weight excluding hydrogens is 305 g/mol. The van der Waals surface area contributed by atoms with Gasteiger partial charge in [-0.1, -0.05) is 12.1 Å². The van der Waals surface area contributed by atoms with Crippen LogP contribution in [0.4, 0.5) is 4.39 Å². The largest absolute Gasteiger partial charge is 0.506 e. The third-order valence-electron chi connectivity index (χ3n) is 3.21. The lowest BCUT2D eigenvalue weighted by atomic mass is 10.1. The molecule has 23 heavy (non-hydrogen) atoms. The fourth-order valence-electron chi connectivity index (χ4n) is 2.03. The van der Waals surface area contributed by atoms with Crippen LogP contribution in [-0.2, 0) is 6.54 Å². The van der Waals surface area contributed by atoms with Crippen molar-refractivity contribution in [3.8, 4) is 11.7 Å². The van der Waals surface area contributed by atoms with Gasteiger partial charge >= 0.3 is 5.63 Å². The lowest BCUT2D eigenvalue weighted by molar-refractivity contribution is 0.100. The van der Waals surface area contributed by atoms with Crippen molar-refractivity contribution in [1.82, 2.24) is 0 Å². The monoisotopic (exact) mass is 319 g/mol. The number of aromatic hydroxyl groups is 2. The van der Waals surface area contributed by atoms with Crippen molar-refractivity contribution in [1.29, 1.82) is 0 Å². The van der Waals surface area contributed by atoms with Gasteiger partial charge in [-0.25, -0.2) is 9.18 Å². The summed E-state index contributed by atoms with van der Waals surface area (Å²) < 4.78 is 17.4. The Bertz CT molecular complexity index is 837. The number of benzene rings is 1. The molecule has 6 nitrogen and oxygen atoms in total. The molecule has 0 aliphatic heterocycles. The maximum atomic E-state index is 12.8. The number of nitrogens with zero attached hydrogens (tertiary/aromatic N) is 1. The first-order valence-electron chi connectivity index (χ1n) is 6.67. The number of halogens is 1. The number of Topliss-reactive ketones (excluding diaryl/α,β-unsaturated/α-hetero) is 1. The molecule has 0 amide bonds. The minimum atomic E-state index is -1.01. The van der Waals surface area contributed by atoms with Crippen LogP contribution < -0.4 is 5.63 Å². The number of aliphatic imine (C=N–C) groups is 1. The second-order valence-corrected chi connectivity index (χ2v) is 4.88. The zero-order valence-electron chi connectivity index (χ0n) is 12.5. The Kier molecular flexibility index (Phi) is 4.59. The lowest BCUT2D eigenvalue weighted by Crippen LogP contribution is -2.15. The maximum Gasteiger partial charge on any atom is 0.351 e. The molecule has 120 valence electrons. The van der Waals surface area contributed by atoms with Gasteiger partial charge in [0, 0.05) is 0 Å². The van der Waals surface area contributed by atoms with Crippen molar-refractivity contribution in [2.45, 2.75) is 20.4 Å². The highest BCUT2D eigenvalue weighted by Gasteiger charge is 2.23. The van der Waals surface area contributed by atoms with Gasteiger partial charge in [0.15, 0.2) is 5.78 Å². The maximum absolute atomic E-state index is 12.8. The van der Waals surface area contributed by atoms with Crippen LogP contribution in [0.5, 0.6) is 11.7 Å². The predicted molar refractivity (Wildman–Crippen MR) is 80.6 cm³/mol. The SMILES string of the molecule is CC(=O)c1c(O)oc(=O)c(C(C)=NCc2ccc(F)cc2)c1O. The molecule has 0 unspecified atom stereocenters. The van der Waals surface area contributed by atoms with E-state index in [4.69, 9.17) is 0 Å². The van der Waals surface area contributed by atoms with E-state index in [-0.39, 0.29) is 23.6 Å². The van der Waals surface area contributed by atoms with E-state index < -0.39 is 28.7 Å². The van der Waals surface area contributed by atoms with E-state index in [0.717, 1.165) is 6.92 Å². The average molecular weight is 319 g/mol. The van der Waals surface area contributed by atoms with E-state index >= 15 is 0 Å². The van der Waals surface area contributed by atoms with Crippen LogP contribution in [0.15, 0.2) is 38.5 Å². The molecule has 0 saturated heterocycles. The van der Waals surface area contributed by atoms with Crippen LogP contribution in [0.25, 0.3) is 0 Å². The van der Waals surface area contributed by atoms with E-state index in [1.54, 1.807) is 0 Å². The number of rotatable bonds is 4. The topological polar surface area (TPSA) is 100 Å². The molecule has 0 aliphatic rings. The molecule has 0 radical (unpaired) electrons. The molecule has 1 aromatic heterocycles. The Morgan fingerprint density at radius 2 is 1.78 bits per heavy atom.